The van der Waals surface area contributed by atoms with Crippen molar-refractivity contribution < 1.29 is 19.0 Å². The molecule has 0 aliphatic carbocycles. The van der Waals surface area contributed by atoms with Gasteiger partial charge in [0.05, 0.1) is 19.9 Å². The van der Waals surface area contributed by atoms with Crippen LogP contribution in [0.1, 0.15) is 24.0 Å². The van der Waals surface area contributed by atoms with E-state index in [0.717, 1.165) is 38.0 Å². The Balaban J connectivity index is 1.33. The van der Waals surface area contributed by atoms with Crippen LogP contribution in [-0.2, 0) is 13.1 Å². The van der Waals surface area contributed by atoms with Crippen molar-refractivity contribution in [3.8, 4) is 23.0 Å². The molecule has 0 aromatic heterocycles. The minimum absolute atomic E-state index is 0.0714. The third kappa shape index (κ3) is 7.75. The van der Waals surface area contributed by atoms with E-state index >= 15 is 0 Å². The van der Waals surface area contributed by atoms with Crippen LogP contribution in [0.2, 0.25) is 5.02 Å². The fourth-order valence-corrected chi connectivity index (χ4v) is 5.35. The van der Waals surface area contributed by atoms with Crippen LogP contribution in [0.3, 0.4) is 0 Å². The fourth-order valence-electron chi connectivity index (χ4n) is 5.23. The van der Waals surface area contributed by atoms with Gasteiger partial charge < -0.3 is 24.4 Å². The number of ether oxygens (including phenoxy) is 3. The van der Waals surface area contributed by atoms with Gasteiger partial charge in [0.2, 0.25) is 0 Å². The average molecular weight is 586 g/mol. The second-order valence-corrected chi connectivity index (χ2v) is 10.8. The molecule has 0 spiro atoms. The standard InChI is InChI=1S/C34H36ClN3O4/c1-40-30-15-16-32(33(22-30)41-2)36-34(39)38(28-17-19-37(20-18-28)23-25-7-4-3-5-8-25)24-26-9-6-10-31(21-26)42-29-13-11-27(35)12-14-29/h3-16,21-22,28H,17-20,23-24H2,1-2H3,(H,36,39). The number of piperidine rings is 1. The SMILES string of the molecule is COc1ccc(NC(=O)N(Cc2cccc(Oc3ccc(Cl)cc3)c2)C2CCN(Cc3ccccc3)CC2)c(OC)c1. The van der Waals surface area contributed by atoms with Crippen LogP contribution < -0.4 is 19.5 Å². The molecule has 1 saturated heterocycles. The smallest absolute Gasteiger partial charge is 0.322 e. The van der Waals surface area contributed by atoms with Crippen molar-refractivity contribution in [1.29, 1.82) is 0 Å². The van der Waals surface area contributed by atoms with Crippen LogP contribution in [-0.4, -0.2) is 49.2 Å². The maximum Gasteiger partial charge on any atom is 0.322 e. The van der Waals surface area contributed by atoms with Crippen molar-refractivity contribution >= 4 is 23.3 Å². The van der Waals surface area contributed by atoms with Gasteiger partial charge in [-0.1, -0.05) is 54.1 Å². The first-order valence-electron chi connectivity index (χ1n) is 14.1. The number of halogens is 1. The largest absolute Gasteiger partial charge is 0.497 e. The maximum atomic E-state index is 13.9. The normalized spacial score (nSPS) is 13.8. The van der Waals surface area contributed by atoms with E-state index in [2.05, 4.69) is 34.5 Å². The summed E-state index contributed by atoms with van der Waals surface area (Å²) in [6, 6.07) is 30.9. The van der Waals surface area contributed by atoms with E-state index in [-0.39, 0.29) is 12.1 Å². The van der Waals surface area contributed by atoms with Gasteiger partial charge in [-0.3, -0.25) is 4.90 Å². The van der Waals surface area contributed by atoms with E-state index < -0.39 is 0 Å². The number of nitrogens with zero attached hydrogens (tertiary/aromatic N) is 2. The molecule has 0 saturated carbocycles. The number of rotatable bonds is 10. The summed E-state index contributed by atoms with van der Waals surface area (Å²) < 4.78 is 16.9. The number of carbonyl (C=O) groups excluding carboxylic acids is 1. The Bertz CT molecular complexity index is 1460. The predicted octanol–water partition coefficient (Wildman–Crippen LogP) is 7.85. The minimum atomic E-state index is -0.177. The molecule has 5 rings (SSSR count). The second kappa shape index (κ2) is 14.1. The highest BCUT2D eigenvalue weighted by Crippen LogP contribution is 2.31. The van der Waals surface area contributed by atoms with Crippen molar-refractivity contribution in [2.24, 2.45) is 0 Å². The summed E-state index contributed by atoms with van der Waals surface area (Å²) >= 11 is 6.03. The highest BCUT2D eigenvalue weighted by atomic mass is 35.5. The van der Waals surface area contributed by atoms with Crippen LogP contribution in [0, 0.1) is 0 Å². The Labute approximate surface area is 252 Å². The molecule has 1 fully saturated rings. The number of benzene rings is 4. The van der Waals surface area contributed by atoms with Gasteiger partial charge in [-0.15, -0.1) is 0 Å². The number of methoxy groups -OCH3 is 2. The summed E-state index contributed by atoms with van der Waals surface area (Å²) in [6.45, 7) is 3.17. The molecule has 4 aromatic carbocycles. The third-order valence-electron chi connectivity index (χ3n) is 7.46. The van der Waals surface area contributed by atoms with E-state index in [1.807, 2.05) is 53.4 Å². The van der Waals surface area contributed by atoms with Gasteiger partial charge in [-0.05, 0) is 72.5 Å². The quantitative estimate of drug-likeness (QED) is 0.205. The zero-order chi connectivity index (χ0) is 29.3. The molecule has 0 bridgehead atoms. The van der Waals surface area contributed by atoms with E-state index in [0.29, 0.717) is 40.3 Å². The maximum absolute atomic E-state index is 13.9. The number of anilines is 1. The lowest BCUT2D eigenvalue weighted by molar-refractivity contribution is 0.119. The minimum Gasteiger partial charge on any atom is -0.497 e. The van der Waals surface area contributed by atoms with Crippen molar-refractivity contribution in [2.45, 2.75) is 32.0 Å². The van der Waals surface area contributed by atoms with E-state index in [1.165, 1.54) is 5.56 Å². The molecule has 8 heteroatoms. The number of urea groups is 1. The topological polar surface area (TPSA) is 63.3 Å². The number of carbonyl (C=O) groups is 1. The zero-order valence-electron chi connectivity index (χ0n) is 24.0. The van der Waals surface area contributed by atoms with Gasteiger partial charge in [0.25, 0.3) is 0 Å². The Kier molecular flexibility index (Phi) is 9.85. The van der Waals surface area contributed by atoms with Gasteiger partial charge in [0, 0.05) is 43.3 Å². The Morgan fingerprint density at radius 2 is 1.55 bits per heavy atom. The first-order valence-corrected chi connectivity index (χ1v) is 14.5. The van der Waals surface area contributed by atoms with Crippen LogP contribution in [0.25, 0.3) is 0 Å². The lowest BCUT2D eigenvalue weighted by Crippen LogP contribution is -2.48. The molecular formula is C34H36ClN3O4. The number of hydrogen-bond acceptors (Lipinski definition) is 5. The van der Waals surface area contributed by atoms with Crippen molar-refractivity contribution in [3.05, 3.63) is 113 Å². The highest BCUT2D eigenvalue weighted by molar-refractivity contribution is 6.30. The summed E-state index contributed by atoms with van der Waals surface area (Å²) in [5.41, 5.74) is 2.87. The van der Waals surface area contributed by atoms with Crippen molar-refractivity contribution in [1.82, 2.24) is 9.80 Å². The summed E-state index contributed by atoms with van der Waals surface area (Å²) in [7, 11) is 3.18. The van der Waals surface area contributed by atoms with E-state index in [4.69, 9.17) is 25.8 Å². The lowest BCUT2D eigenvalue weighted by atomic mass is 10.0. The number of amides is 2. The Morgan fingerprint density at radius 3 is 2.26 bits per heavy atom. The average Bonchev–Trinajstić information content (AvgIpc) is 3.02. The molecule has 0 unspecified atom stereocenters. The molecule has 2 amide bonds. The summed E-state index contributed by atoms with van der Waals surface area (Å²) in [5.74, 6) is 2.59. The molecule has 1 aliphatic rings. The molecule has 0 atom stereocenters. The second-order valence-electron chi connectivity index (χ2n) is 10.3. The van der Waals surface area contributed by atoms with Gasteiger partial charge in [0.15, 0.2) is 0 Å². The summed E-state index contributed by atoms with van der Waals surface area (Å²) in [4.78, 5) is 18.3. The van der Waals surface area contributed by atoms with Crippen LogP contribution >= 0.6 is 11.6 Å². The number of likely N-dealkylation sites (tertiary alicyclic amines) is 1. The highest BCUT2D eigenvalue weighted by Gasteiger charge is 2.29. The molecule has 218 valence electrons. The Hall–Kier alpha value is -4.20. The molecular weight excluding hydrogens is 550 g/mol. The van der Waals surface area contributed by atoms with Gasteiger partial charge in [-0.25, -0.2) is 4.79 Å². The first kappa shape index (κ1) is 29.3. The summed E-state index contributed by atoms with van der Waals surface area (Å²) in [6.07, 6.45) is 1.75. The van der Waals surface area contributed by atoms with Crippen LogP contribution in [0.5, 0.6) is 23.0 Å². The zero-order valence-corrected chi connectivity index (χ0v) is 24.7. The third-order valence-corrected chi connectivity index (χ3v) is 7.71. The van der Waals surface area contributed by atoms with Gasteiger partial charge >= 0.3 is 6.03 Å². The van der Waals surface area contributed by atoms with Gasteiger partial charge in [-0.2, -0.15) is 0 Å². The summed E-state index contributed by atoms with van der Waals surface area (Å²) in [5, 5.41) is 3.74. The van der Waals surface area contributed by atoms with Gasteiger partial charge in [0.1, 0.15) is 23.0 Å². The fraction of sp³-hybridized carbons (Fsp3) is 0.265. The first-order chi connectivity index (χ1) is 20.5. The Morgan fingerprint density at radius 1 is 0.833 bits per heavy atom. The lowest BCUT2D eigenvalue weighted by Gasteiger charge is -2.38. The van der Waals surface area contributed by atoms with Crippen molar-refractivity contribution in [3.63, 3.8) is 0 Å². The van der Waals surface area contributed by atoms with Crippen LogP contribution in [0.4, 0.5) is 10.5 Å². The molecule has 4 aromatic rings. The van der Waals surface area contributed by atoms with Crippen LogP contribution in [0.15, 0.2) is 97.1 Å². The number of nitrogens with one attached hydrogen (secondary N) is 1. The van der Waals surface area contributed by atoms with E-state index in [9.17, 15) is 4.79 Å². The molecule has 7 nitrogen and oxygen atoms in total. The molecule has 42 heavy (non-hydrogen) atoms. The molecule has 0 radical (unpaired) electrons. The molecule has 1 N–H and O–H groups in total. The number of hydrogen-bond donors (Lipinski definition) is 1. The molecule has 1 heterocycles. The van der Waals surface area contributed by atoms with Crippen molar-refractivity contribution in [2.75, 3.05) is 32.6 Å². The monoisotopic (exact) mass is 585 g/mol. The predicted molar refractivity (Wildman–Crippen MR) is 167 cm³/mol. The molecule has 1 aliphatic heterocycles. The van der Waals surface area contributed by atoms with E-state index in [1.54, 1.807) is 38.5 Å².